The van der Waals surface area contributed by atoms with Crippen LogP contribution in [0.1, 0.15) is 388 Å². The summed E-state index contributed by atoms with van der Waals surface area (Å²) in [6.45, 7) is 7.21. The van der Waals surface area contributed by atoms with Crippen LogP contribution in [0.15, 0.2) is 24.3 Å². The number of carbonyl (C=O) groups excluding carboxylic acids is 4. The van der Waals surface area contributed by atoms with Gasteiger partial charge in [-0.25, -0.2) is 9.13 Å². The first-order chi connectivity index (χ1) is 47.0. The van der Waals surface area contributed by atoms with Gasteiger partial charge in [-0.05, 0) is 57.3 Å². The monoisotopic (exact) mass is 1420 g/mol. The predicted octanol–water partition coefficient (Wildman–Crippen LogP) is 22.8. The average Bonchev–Trinajstić information content (AvgIpc) is 1.82. The fourth-order valence-electron chi connectivity index (χ4n) is 11.5. The molecule has 19 heteroatoms. The smallest absolute Gasteiger partial charge is 0.462 e. The number of hydrogen-bond donors (Lipinski definition) is 3. The lowest BCUT2D eigenvalue weighted by Crippen LogP contribution is -2.30. The maximum atomic E-state index is 13.1. The highest BCUT2D eigenvalue weighted by Crippen LogP contribution is 2.45. The van der Waals surface area contributed by atoms with E-state index in [0.29, 0.717) is 25.7 Å². The normalized spacial score (nSPS) is 14.1. The van der Waals surface area contributed by atoms with Crippen molar-refractivity contribution >= 4 is 39.5 Å². The molecule has 0 bridgehead atoms. The van der Waals surface area contributed by atoms with Gasteiger partial charge in [-0.15, -0.1) is 0 Å². The molecule has 0 aromatic carbocycles. The molecule has 0 amide bonds. The highest BCUT2D eigenvalue weighted by atomic mass is 31.2. The van der Waals surface area contributed by atoms with E-state index >= 15 is 0 Å². The summed E-state index contributed by atoms with van der Waals surface area (Å²) in [6.07, 6.45) is 63.2. The zero-order chi connectivity index (χ0) is 71.2. The van der Waals surface area contributed by atoms with Gasteiger partial charge in [0, 0.05) is 25.7 Å². The van der Waals surface area contributed by atoms with Gasteiger partial charge in [0.1, 0.15) is 19.3 Å². The summed E-state index contributed by atoms with van der Waals surface area (Å²) in [7, 11) is -9.93. The Morgan fingerprint density at radius 2 is 0.557 bits per heavy atom. The van der Waals surface area contributed by atoms with Gasteiger partial charge in [-0.3, -0.25) is 37.3 Å². The van der Waals surface area contributed by atoms with Crippen LogP contribution >= 0.6 is 15.6 Å². The molecule has 0 aliphatic heterocycles. The van der Waals surface area contributed by atoms with E-state index < -0.39 is 97.5 Å². The summed E-state index contributed by atoms with van der Waals surface area (Å²) in [6, 6.07) is 0. The number of esters is 4. The molecule has 0 aliphatic carbocycles. The van der Waals surface area contributed by atoms with Crippen molar-refractivity contribution in [1.29, 1.82) is 0 Å². The van der Waals surface area contributed by atoms with Crippen LogP contribution in [0.25, 0.3) is 0 Å². The number of hydrogen-bond acceptors (Lipinski definition) is 15. The van der Waals surface area contributed by atoms with Gasteiger partial charge in [0.2, 0.25) is 0 Å². The predicted molar refractivity (Wildman–Crippen MR) is 395 cm³/mol. The fraction of sp³-hybridized carbons (Fsp3) is 0.897. The number of allylic oxidation sites excluding steroid dienone is 4. The molecule has 572 valence electrons. The minimum absolute atomic E-state index is 0.102. The van der Waals surface area contributed by atoms with Crippen LogP contribution in [0.3, 0.4) is 0 Å². The number of aliphatic hydroxyl groups excluding tert-OH is 1. The zero-order valence-electron chi connectivity index (χ0n) is 62.7. The van der Waals surface area contributed by atoms with Gasteiger partial charge in [-0.1, -0.05) is 335 Å². The second-order valence-corrected chi connectivity index (χ2v) is 30.8. The van der Waals surface area contributed by atoms with E-state index in [0.717, 1.165) is 115 Å². The van der Waals surface area contributed by atoms with Crippen molar-refractivity contribution in [2.45, 2.75) is 406 Å². The van der Waals surface area contributed by atoms with Crippen molar-refractivity contribution < 1.29 is 80.2 Å². The third kappa shape index (κ3) is 71.7. The van der Waals surface area contributed by atoms with Gasteiger partial charge < -0.3 is 33.8 Å². The largest absolute Gasteiger partial charge is 0.472 e. The van der Waals surface area contributed by atoms with Crippen molar-refractivity contribution in [3.63, 3.8) is 0 Å². The molecule has 5 atom stereocenters. The summed E-state index contributed by atoms with van der Waals surface area (Å²) in [4.78, 5) is 72.9. The molecular formula is C78H148O17P2. The molecule has 0 rings (SSSR count). The van der Waals surface area contributed by atoms with Crippen LogP contribution in [-0.2, 0) is 65.4 Å². The molecule has 0 fully saturated rings. The lowest BCUT2D eigenvalue weighted by molar-refractivity contribution is -0.161. The van der Waals surface area contributed by atoms with E-state index in [1.165, 1.54) is 193 Å². The van der Waals surface area contributed by atoms with Crippen LogP contribution in [0.2, 0.25) is 0 Å². The quantitative estimate of drug-likeness (QED) is 0.0169. The van der Waals surface area contributed by atoms with E-state index in [4.69, 9.17) is 37.0 Å². The first-order valence-electron chi connectivity index (χ1n) is 40.0. The molecule has 0 radical (unpaired) electrons. The Balaban J connectivity index is 5.29. The van der Waals surface area contributed by atoms with Gasteiger partial charge in [0.15, 0.2) is 12.2 Å². The maximum absolute atomic E-state index is 13.1. The number of ether oxygens (including phenoxy) is 4. The third-order valence-corrected chi connectivity index (χ3v) is 19.6. The second-order valence-electron chi connectivity index (χ2n) is 27.9. The van der Waals surface area contributed by atoms with Crippen LogP contribution in [0.4, 0.5) is 0 Å². The molecular weight excluding hydrogens is 1270 g/mol. The molecule has 0 saturated heterocycles. The fourth-order valence-corrected chi connectivity index (χ4v) is 13.1. The zero-order valence-corrected chi connectivity index (χ0v) is 64.5. The number of carbonyl (C=O) groups is 4. The second kappa shape index (κ2) is 70.6. The van der Waals surface area contributed by atoms with Crippen molar-refractivity contribution in [2.75, 3.05) is 39.6 Å². The molecule has 97 heavy (non-hydrogen) atoms. The van der Waals surface area contributed by atoms with Crippen molar-refractivity contribution in [2.24, 2.45) is 5.92 Å². The number of phosphoric ester groups is 2. The highest BCUT2D eigenvalue weighted by Gasteiger charge is 2.30. The van der Waals surface area contributed by atoms with Crippen LogP contribution in [0, 0.1) is 5.92 Å². The lowest BCUT2D eigenvalue weighted by Gasteiger charge is -2.21. The number of rotatable bonds is 76. The molecule has 0 aromatic heterocycles. The lowest BCUT2D eigenvalue weighted by atomic mass is 10.0. The molecule has 0 aromatic rings. The molecule has 17 nitrogen and oxygen atoms in total. The molecule has 3 N–H and O–H groups in total. The van der Waals surface area contributed by atoms with E-state index in [2.05, 4.69) is 58.9 Å². The van der Waals surface area contributed by atoms with Crippen molar-refractivity contribution in [3.8, 4) is 0 Å². The molecule has 0 spiro atoms. The van der Waals surface area contributed by atoms with E-state index in [1.54, 1.807) is 0 Å². The topological polar surface area (TPSA) is 237 Å². The van der Waals surface area contributed by atoms with Crippen LogP contribution in [-0.4, -0.2) is 96.7 Å². The van der Waals surface area contributed by atoms with Gasteiger partial charge in [0.05, 0.1) is 26.4 Å². The molecule has 0 heterocycles. The Labute approximate surface area is 592 Å². The summed E-state index contributed by atoms with van der Waals surface area (Å²) in [5, 5.41) is 10.6. The van der Waals surface area contributed by atoms with E-state index in [1.807, 2.05) is 0 Å². The maximum Gasteiger partial charge on any atom is 0.472 e. The highest BCUT2D eigenvalue weighted by molar-refractivity contribution is 7.47. The molecule has 2 unspecified atom stereocenters. The van der Waals surface area contributed by atoms with Gasteiger partial charge in [0.25, 0.3) is 0 Å². The summed E-state index contributed by atoms with van der Waals surface area (Å²) >= 11 is 0. The van der Waals surface area contributed by atoms with E-state index in [-0.39, 0.29) is 25.7 Å². The molecule has 0 saturated carbocycles. The summed E-state index contributed by atoms with van der Waals surface area (Å²) in [5.74, 6) is -1.42. The minimum Gasteiger partial charge on any atom is -0.462 e. The Kier molecular flexibility index (Phi) is 68.8. The number of aliphatic hydroxyl groups is 1. The van der Waals surface area contributed by atoms with E-state index in [9.17, 15) is 43.2 Å². The first kappa shape index (κ1) is 94.5. The Morgan fingerprint density at radius 3 is 0.845 bits per heavy atom. The average molecular weight is 1420 g/mol. The van der Waals surface area contributed by atoms with Gasteiger partial charge >= 0.3 is 39.5 Å². The van der Waals surface area contributed by atoms with Crippen molar-refractivity contribution in [3.05, 3.63) is 24.3 Å². The van der Waals surface area contributed by atoms with Crippen LogP contribution in [0.5, 0.6) is 0 Å². The summed E-state index contributed by atoms with van der Waals surface area (Å²) < 4.78 is 68.6. The van der Waals surface area contributed by atoms with Gasteiger partial charge in [-0.2, -0.15) is 0 Å². The van der Waals surface area contributed by atoms with Crippen LogP contribution < -0.4 is 0 Å². The third-order valence-electron chi connectivity index (χ3n) is 17.7. The summed E-state index contributed by atoms with van der Waals surface area (Å²) in [5.41, 5.74) is 0. The Bertz CT molecular complexity index is 1950. The first-order valence-corrected chi connectivity index (χ1v) is 42.9. The van der Waals surface area contributed by atoms with Crippen molar-refractivity contribution in [1.82, 2.24) is 0 Å². The Morgan fingerprint density at radius 1 is 0.320 bits per heavy atom. The minimum atomic E-state index is -4.97. The number of phosphoric acid groups is 2. The number of unbranched alkanes of at least 4 members (excludes halogenated alkanes) is 45. The molecule has 0 aliphatic rings. The standard InChI is InChI=1S/C78H148O17P2/c1-6-9-12-15-18-21-24-27-30-31-33-36-39-42-49-54-59-64-78(83)94-73(67-88-75(80)61-56-51-46-40-37-35-32-28-25-22-19-16-13-10-7-2)69-92-96(84,85)90-65-72(79)66-91-97(86,87)93-70-74(68-89-76(81)62-57-52-47-44-43-45-50-55-60-71(4)5)95-77(82)63-58-53-48-41-38-34-29-26-23-20-17-14-11-8-3/h22,25,28,32,71-74,79H,6-21,23-24,26-27,29-31,33-70H2,1-5H3,(H,84,85)(H,86,87)/b25-22-,32-28-/t72-,73-,74-/m1/s1. The SMILES string of the molecule is CCCCCC/C=C\C=C/CCCCCCCC(=O)OC[C@H](COP(=O)(O)OC[C@@H](O)COP(=O)(O)OC[C@@H](COC(=O)CCCCCCCCCCC(C)C)OC(=O)CCCCCCCCCCCCCCCC)OC(=O)CCCCCCCCCCCCCCCCCCC. The Hall–Kier alpha value is -2.46.